The van der Waals surface area contributed by atoms with Crippen molar-refractivity contribution in [3.05, 3.63) is 35.6 Å². The zero-order chi connectivity index (χ0) is 18.5. The molecule has 1 aliphatic carbocycles. The van der Waals surface area contributed by atoms with Gasteiger partial charge in [0.1, 0.15) is 12.4 Å². The number of hydrogen-bond acceptors (Lipinski definition) is 2. The van der Waals surface area contributed by atoms with E-state index in [4.69, 9.17) is 0 Å². The molecule has 26 heavy (non-hydrogen) atoms. The molecule has 1 fully saturated rings. The van der Waals surface area contributed by atoms with Crippen molar-refractivity contribution in [3.8, 4) is 0 Å². The Morgan fingerprint density at radius 1 is 1.27 bits per heavy atom. The second-order valence-electron chi connectivity index (χ2n) is 7.64. The summed E-state index contributed by atoms with van der Waals surface area (Å²) in [5.74, 6) is 0.286. The smallest absolute Gasteiger partial charge is 0.242 e. The maximum absolute atomic E-state index is 13.5. The molecule has 1 aromatic rings. The molecular weight excluding hydrogens is 446 g/mol. The lowest BCUT2D eigenvalue weighted by Crippen LogP contribution is -2.44. The predicted octanol–water partition coefficient (Wildman–Crippen LogP) is 2.95. The van der Waals surface area contributed by atoms with Crippen molar-refractivity contribution < 1.29 is 9.18 Å². The lowest BCUT2D eigenvalue weighted by Gasteiger charge is -2.21. The minimum Gasteiger partial charge on any atom is -0.357 e. The van der Waals surface area contributed by atoms with E-state index in [0.717, 1.165) is 18.4 Å². The number of nitrogens with one attached hydrogen (secondary N) is 3. The Hall–Kier alpha value is -1.38. The molecular formula is C19H30FIN4O. The molecule has 3 N–H and O–H groups in total. The summed E-state index contributed by atoms with van der Waals surface area (Å²) < 4.78 is 13.5. The molecule has 1 saturated carbocycles. The van der Waals surface area contributed by atoms with Crippen LogP contribution in [0.2, 0.25) is 0 Å². The third-order valence-electron chi connectivity index (χ3n) is 4.12. The van der Waals surface area contributed by atoms with Crippen molar-refractivity contribution in [1.29, 1.82) is 0 Å². The first-order valence-electron chi connectivity index (χ1n) is 8.83. The molecule has 0 spiro atoms. The molecule has 0 atom stereocenters. The first-order valence-corrected chi connectivity index (χ1v) is 8.83. The van der Waals surface area contributed by atoms with Crippen LogP contribution in [0.25, 0.3) is 0 Å². The summed E-state index contributed by atoms with van der Waals surface area (Å²) in [5, 5.41) is 9.33. The predicted molar refractivity (Wildman–Crippen MR) is 115 cm³/mol. The number of carbonyl (C=O) groups is 1. The quantitative estimate of drug-likeness (QED) is 0.336. The maximum atomic E-state index is 13.5. The topological polar surface area (TPSA) is 65.5 Å². The van der Waals surface area contributed by atoms with Gasteiger partial charge in [-0.3, -0.25) is 4.79 Å². The normalized spacial score (nSPS) is 15.7. The SMILES string of the molecule is CCNC(=NCC(=O)NC(C)(C)C)NCC1(c2cccc(F)c2)CC1.I. The van der Waals surface area contributed by atoms with E-state index in [0.29, 0.717) is 19.0 Å². The van der Waals surface area contributed by atoms with Crippen LogP contribution in [0.5, 0.6) is 0 Å². The lowest BCUT2D eigenvalue weighted by atomic mass is 9.96. The van der Waals surface area contributed by atoms with Crippen LogP contribution >= 0.6 is 24.0 Å². The van der Waals surface area contributed by atoms with Crippen molar-refractivity contribution in [3.63, 3.8) is 0 Å². The zero-order valence-electron chi connectivity index (χ0n) is 16.0. The summed E-state index contributed by atoms with van der Waals surface area (Å²) in [4.78, 5) is 16.3. The fourth-order valence-electron chi connectivity index (χ4n) is 2.74. The van der Waals surface area contributed by atoms with Crippen molar-refractivity contribution in [2.45, 2.75) is 51.5 Å². The average molecular weight is 476 g/mol. The van der Waals surface area contributed by atoms with Gasteiger partial charge in [0.2, 0.25) is 5.91 Å². The third kappa shape index (κ3) is 7.09. The zero-order valence-corrected chi connectivity index (χ0v) is 18.3. The number of guanidine groups is 1. The fraction of sp³-hybridized carbons (Fsp3) is 0.579. The summed E-state index contributed by atoms with van der Waals surface area (Å²) in [5.41, 5.74) is 0.709. The molecule has 2 rings (SSSR count). The van der Waals surface area contributed by atoms with Crippen LogP contribution < -0.4 is 16.0 Å². The second-order valence-corrected chi connectivity index (χ2v) is 7.64. The molecule has 0 radical (unpaired) electrons. The Bertz CT molecular complexity index is 639. The van der Waals surface area contributed by atoms with Gasteiger partial charge in [-0.25, -0.2) is 9.38 Å². The van der Waals surface area contributed by atoms with Gasteiger partial charge in [-0.15, -0.1) is 24.0 Å². The van der Waals surface area contributed by atoms with E-state index in [-0.39, 0.29) is 53.2 Å². The fourth-order valence-corrected chi connectivity index (χ4v) is 2.74. The van der Waals surface area contributed by atoms with Crippen LogP contribution in [0, 0.1) is 5.82 Å². The highest BCUT2D eigenvalue weighted by Crippen LogP contribution is 2.47. The minimum absolute atomic E-state index is 0. The Morgan fingerprint density at radius 3 is 2.50 bits per heavy atom. The molecule has 1 aromatic carbocycles. The Kier molecular flexibility index (Phi) is 8.30. The van der Waals surface area contributed by atoms with Gasteiger partial charge >= 0.3 is 0 Å². The van der Waals surface area contributed by atoms with Crippen molar-refractivity contribution in [2.75, 3.05) is 19.6 Å². The Morgan fingerprint density at radius 2 is 1.96 bits per heavy atom. The van der Waals surface area contributed by atoms with E-state index in [1.807, 2.05) is 33.8 Å². The summed E-state index contributed by atoms with van der Waals surface area (Å²) in [7, 11) is 0. The second kappa shape index (κ2) is 9.53. The summed E-state index contributed by atoms with van der Waals surface area (Å²) in [6.07, 6.45) is 2.04. The average Bonchev–Trinajstić information content (AvgIpc) is 3.29. The Balaban J connectivity index is 0.00000338. The maximum Gasteiger partial charge on any atom is 0.242 e. The molecule has 1 aliphatic rings. The van der Waals surface area contributed by atoms with Gasteiger partial charge in [0, 0.05) is 24.0 Å². The van der Waals surface area contributed by atoms with Crippen LogP contribution in [-0.4, -0.2) is 37.0 Å². The number of halogens is 2. The van der Waals surface area contributed by atoms with Gasteiger partial charge in [-0.05, 0) is 58.2 Å². The Labute approximate surface area is 172 Å². The minimum atomic E-state index is -0.270. The number of hydrogen-bond donors (Lipinski definition) is 3. The summed E-state index contributed by atoms with van der Waals surface area (Å²) in [6, 6.07) is 6.79. The van der Waals surface area contributed by atoms with E-state index in [9.17, 15) is 9.18 Å². The number of aliphatic imine (C=N–C) groups is 1. The molecule has 0 aromatic heterocycles. The summed E-state index contributed by atoms with van der Waals surface area (Å²) in [6.45, 7) is 9.24. The van der Waals surface area contributed by atoms with Gasteiger partial charge in [0.05, 0.1) is 0 Å². The van der Waals surface area contributed by atoms with Crippen molar-refractivity contribution in [2.24, 2.45) is 4.99 Å². The number of carbonyl (C=O) groups excluding carboxylic acids is 1. The number of rotatable bonds is 6. The van der Waals surface area contributed by atoms with Gasteiger partial charge in [0.15, 0.2) is 5.96 Å². The molecule has 5 nitrogen and oxygen atoms in total. The largest absolute Gasteiger partial charge is 0.357 e. The van der Waals surface area contributed by atoms with Crippen LogP contribution in [-0.2, 0) is 10.2 Å². The first-order chi connectivity index (χ1) is 11.7. The monoisotopic (exact) mass is 476 g/mol. The molecule has 0 saturated heterocycles. The van der Waals surface area contributed by atoms with E-state index in [1.54, 1.807) is 12.1 Å². The highest BCUT2D eigenvalue weighted by atomic mass is 127. The molecule has 0 heterocycles. The number of amides is 1. The van der Waals surface area contributed by atoms with Gasteiger partial charge < -0.3 is 16.0 Å². The molecule has 0 aliphatic heterocycles. The van der Waals surface area contributed by atoms with Crippen LogP contribution in [0.1, 0.15) is 46.1 Å². The molecule has 146 valence electrons. The highest BCUT2D eigenvalue weighted by molar-refractivity contribution is 14.0. The molecule has 0 unspecified atom stereocenters. The van der Waals surface area contributed by atoms with Crippen molar-refractivity contribution >= 4 is 35.8 Å². The molecule has 0 bridgehead atoms. The third-order valence-corrected chi connectivity index (χ3v) is 4.12. The molecule has 1 amide bonds. The van der Waals surface area contributed by atoms with Gasteiger partial charge in [0.25, 0.3) is 0 Å². The van der Waals surface area contributed by atoms with Crippen LogP contribution in [0.3, 0.4) is 0 Å². The highest BCUT2D eigenvalue weighted by Gasteiger charge is 2.44. The van der Waals surface area contributed by atoms with Crippen LogP contribution in [0.15, 0.2) is 29.3 Å². The van der Waals surface area contributed by atoms with E-state index in [2.05, 4.69) is 20.9 Å². The first kappa shape index (κ1) is 22.7. The van der Waals surface area contributed by atoms with Crippen molar-refractivity contribution in [1.82, 2.24) is 16.0 Å². The van der Waals surface area contributed by atoms with Gasteiger partial charge in [-0.2, -0.15) is 0 Å². The van der Waals surface area contributed by atoms with E-state index >= 15 is 0 Å². The van der Waals surface area contributed by atoms with Gasteiger partial charge in [-0.1, -0.05) is 12.1 Å². The van der Waals surface area contributed by atoms with E-state index in [1.165, 1.54) is 6.07 Å². The van der Waals surface area contributed by atoms with E-state index < -0.39 is 0 Å². The lowest BCUT2D eigenvalue weighted by molar-refractivity contribution is -0.121. The summed E-state index contributed by atoms with van der Waals surface area (Å²) >= 11 is 0. The molecule has 7 heteroatoms. The standard InChI is InChI=1S/C19H29FN4O.HI/c1-5-21-17(22-12-16(25)24-18(2,3)4)23-13-19(9-10-19)14-7-6-8-15(20)11-14;/h6-8,11H,5,9-10,12-13H2,1-4H3,(H,24,25)(H2,21,22,23);1H. The number of benzene rings is 1. The number of nitrogens with zero attached hydrogens (tertiary/aromatic N) is 1. The van der Waals surface area contributed by atoms with Crippen LogP contribution in [0.4, 0.5) is 4.39 Å².